The molecule has 1 saturated heterocycles. The maximum Gasteiger partial charge on any atom is 0.409 e. The highest BCUT2D eigenvalue weighted by atomic mass is 19.4. The van der Waals surface area contributed by atoms with Crippen molar-refractivity contribution in [2.24, 2.45) is 0 Å². The average molecular weight is 478 g/mol. The van der Waals surface area contributed by atoms with Gasteiger partial charge in [0.1, 0.15) is 23.9 Å². The van der Waals surface area contributed by atoms with E-state index in [9.17, 15) is 36.7 Å². The minimum atomic E-state index is -4.97. The summed E-state index contributed by atoms with van der Waals surface area (Å²) in [7, 11) is 0. The van der Waals surface area contributed by atoms with Crippen molar-refractivity contribution in [3.63, 3.8) is 0 Å². The Morgan fingerprint density at radius 1 is 1.09 bits per heavy atom. The van der Waals surface area contributed by atoms with Gasteiger partial charge in [-0.1, -0.05) is 24.3 Å². The largest absolute Gasteiger partial charge is 0.409 e. The van der Waals surface area contributed by atoms with Gasteiger partial charge in [-0.25, -0.2) is 9.18 Å². The van der Waals surface area contributed by atoms with Gasteiger partial charge < -0.3 is 10.6 Å². The maximum atomic E-state index is 13.9. The molecule has 0 bridgehead atoms. The number of halogens is 4. The van der Waals surface area contributed by atoms with E-state index >= 15 is 0 Å². The number of anilines is 2. The first kappa shape index (κ1) is 23.2. The number of imide groups is 1. The van der Waals surface area contributed by atoms with Gasteiger partial charge in [-0.2, -0.15) is 13.2 Å². The van der Waals surface area contributed by atoms with E-state index in [1.165, 1.54) is 43.3 Å². The number of fused-ring (bicyclic) bond motifs is 1. The highest BCUT2D eigenvalue weighted by Gasteiger charge is 2.52. The van der Waals surface area contributed by atoms with E-state index < -0.39 is 60.3 Å². The molecule has 2 aliphatic rings. The standard InChI is InChI=1S/C22H18F4N4O4/c1-21(12-6-8-13(23)9-7-12)19(33)29(20(34)28-21)11-18(32)30-15-5-3-2-4-14(15)27-17(31)10-16(30)22(24,25)26/h2-9,16H,10-11H2,1H3,(H,27,31)(H,28,34). The summed E-state index contributed by atoms with van der Waals surface area (Å²) >= 11 is 0. The van der Waals surface area contributed by atoms with Crippen molar-refractivity contribution in [2.45, 2.75) is 31.1 Å². The number of carbonyl (C=O) groups is 4. The van der Waals surface area contributed by atoms with E-state index in [2.05, 4.69) is 10.6 Å². The molecule has 2 N–H and O–H groups in total. The molecule has 1 fully saturated rings. The summed E-state index contributed by atoms with van der Waals surface area (Å²) in [6.07, 6.45) is -6.03. The Labute approximate surface area is 190 Å². The van der Waals surface area contributed by atoms with Crippen molar-refractivity contribution in [1.82, 2.24) is 10.2 Å². The van der Waals surface area contributed by atoms with E-state index in [1.807, 2.05) is 0 Å². The molecule has 178 valence electrons. The SMILES string of the molecule is CC1(c2ccc(F)cc2)NC(=O)N(CC(=O)N2c3ccccc3NC(=O)CC2C(F)(F)F)C1=O. The topological polar surface area (TPSA) is 98.8 Å². The molecule has 2 aliphatic heterocycles. The first-order valence-corrected chi connectivity index (χ1v) is 10.1. The Balaban J connectivity index is 1.68. The lowest BCUT2D eigenvalue weighted by molar-refractivity contribution is -0.158. The van der Waals surface area contributed by atoms with Crippen molar-refractivity contribution < 1.29 is 36.7 Å². The third kappa shape index (κ3) is 3.95. The van der Waals surface area contributed by atoms with Crippen LogP contribution in [0.3, 0.4) is 0 Å². The average Bonchev–Trinajstić information content (AvgIpc) is 2.89. The monoisotopic (exact) mass is 478 g/mol. The van der Waals surface area contributed by atoms with Crippen molar-refractivity contribution in [2.75, 3.05) is 16.8 Å². The zero-order chi connectivity index (χ0) is 24.8. The normalized spacial score (nSPS) is 22.7. The minimum absolute atomic E-state index is 0.0130. The minimum Gasteiger partial charge on any atom is -0.324 e. The molecule has 0 aliphatic carbocycles. The lowest BCUT2D eigenvalue weighted by Crippen LogP contribution is -2.53. The number of alkyl halides is 3. The van der Waals surface area contributed by atoms with E-state index in [0.717, 1.165) is 12.1 Å². The van der Waals surface area contributed by atoms with Crippen LogP contribution < -0.4 is 15.5 Å². The van der Waals surface area contributed by atoms with Crippen LogP contribution in [-0.2, 0) is 19.9 Å². The molecule has 2 aromatic carbocycles. The molecule has 12 heteroatoms. The highest BCUT2D eigenvalue weighted by Crippen LogP contribution is 2.38. The second kappa shape index (κ2) is 8.12. The Kier molecular flexibility index (Phi) is 5.54. The molecule has 2 heterocycles. The molecule has 2 atom stereocenters. The summed E-state index contributed by atoms with van der Waals surface area (Å²) < 4.78 is 54.9. The zero-order valence-corrected chi connectivity index (χ0v) is 17.6. The first-order chi connectivity index (χ1) is 15.9. The molecule has 0 spiro atoms. The second-order valence-corrected chi connectivity index (χ2v) is 8.04. The fraction of sp³-hybridized carbons (Fsp3) is 0.273. The van der Waals surface area contributed by atoms with Gasteiger partial charge in [0.25, 0.3) is 5.91 Å². The van der Waals surface area contributed by atoms with Crippen molar-refractivity contribution >= 4 is 35.1 Å². The van der Waals surface area contributed by atoms with Crippen molar-refractivity contribution in [1.29, 1.82) is 0 Å². The molecule has 0 radical (unpaired) electrons. The number of amides is 5. The smallest absolute Gasteiger partial charge is 0.324 e. The molecule has 4 rings (SSSR count). The fourth-order valence-electron chi connectivity index (χ4n) is 4.03. The van der Waals surface area contributed by atoms with Gasteiger partial charge in [0.2, 0.25) is 11.8 Å². The lowest BCUT2D eigenvalue weighted by atomic mass is 9.92. The van der Waals surface area contributed by atoms with Crippen LogP contribution in [0.5, 0.6) is 0 Å². The quantitative estimate of drug-likeness (QED) is 0.524. The molecule has 34 heavy (non-hydrogen) atoms. The summed E-state index contributed by atoms with van der Waals surface area (Å²) in [6, 6.07) is 6.66. The van der Waals surface area contributed by atoms with Gasteiger partial charge in [0, 0.05) is 0 Å². The van der Waals surface area contributed by atoms with Crippen LogP contribution in [0.1, 0.15) is 18.9 Å². The number of benzene rings is 2. The predicted molar refractivity (Wildman–Crippen MR) is 111 cm³/mol. The van der Waals surface area contributed by atoms with Crippen LogP contribution in [0.25, 0.3) is 0 Å². The molecule has 0 saturated carbocycles. The number of urea groups is 1. The fourth-order valence-corrected chi connectivity index (χ4v) is 4.03. The van der Waals surface area contributed by atoms with Crippen LogP contribution in [0.2, 0.25) is 0 Å². The number of rotatable bonds is 3. The number of nitrogens with one attached hydrogen (secondary N) is 2. The molecular weight excluding hydrogens is 460 g/mol. The molecule has 2 aromatic rings. The molecule has 8 nitrogen and oxygen atoms in total. The molecule has 5 amide bonds. The van der Waals surface area contributed by atoms with Crippen LogP contribution in [0.15, 0.2) is 48.5 Å². The van der Waals surface area contributed by atoms with Gasteiger partial charge in [-0.3, -0.25) is 24.2 Å². The summed E-state index contributed by atoms with van der Waals surface area (Å²) in [5.41, 5.74) is -1.65. The van der Waals surface area contributed by atoms with E-state index in [1.54, 1.807) is 0 Å². The van der Waals surface area contributed by atoms with Gasteiger partial charge in [-0.15, -0.1) is 0 Å². The van der Waals surface area contributed by atoms with Crippen LogP contribution in [0, 0.1) is 5.82 Å². The van der Waals surface area contributed by atoms with Crippen LogP contribution >= 0.6 is 0 Å². The second-order valence-electron chi connectivity index (χ2n) is 8.04. The van der Waals surface area contributed by atoms with Crippen molar-refractivity contribution in [3.8, 4) is 0 Å². The zero-order valence-electron chi connectivity index (χ0n) is 17.6. The van der Waals surface area contributed by atoms with Gasteiger partial charge in [-0.05, 0) is 36.8 Å². The third-order valence-corrected chi connectivity index (χ3v) is 5.76. The summed E-state index contributed by atoms with van der Waals surface area (Å²) in [4.78, 5) is 51.8. The molecule has 2 unspecified atom stereocenters. The Hall–Kier alpha value is -3.96. The number of nitrogens with zero attached hydrogens (tertiary/aromatic N) is 2. The maximum absolute atomic E-state index is 13.9. The summed E-state index contributed by atoms with van der Waals surface area (Å²) in [5.74, 6) is -3.61. The van der Waals surface area contributed by atoms with E-state index in [0.29, 0.717) is 9.80 Å². The summed E-state index contributed by atoms with van der Waals surface area (Å²) in [6.45, 7) is 0.337. The van der Waals surface area contributed by atoms with E-state index in [-0.39, 0.29) is 16.9 Å². The third-order valence-electron chi connectivity index (χ3n) is 5.76. The first-order valence-electron chi connectivity index (χ1n) is 10.1. The number of hydrogen-bond acceptors (Lipinski definition) is 4. The number of para-hydroxylation sites is 2. The Morgan fingerprint density at radius 2 is 1.74 bits per heavy atom. The Morgan fingerprint density at radius 3 is 2.38 bits per heavy atom. The molecule has 0 aromatic heterocycles. The number of hydrogen-bond donors (Lipinski definition) is 2. The Bertz CT molecular complexity index is 1180. The van der Waals surface area contributed by atoms with Crippen LogP contribution in [0.4, 0.5) is 33.7 Å². The lowest BCUT2D eigenvalue weighted by Gasteiger charge is -2.32. The molecular formula is C22H18F4N4O4. The van der Waals surface area contributed by atoms with Gasteiger partial charge in [0.15, 0.2) is 0 Å². The number of carbonyl (C=O) groups excluding carboxylic acids is 4. The van der Waals surface area contributed by atoms with E-state index in [4.69, 9.17) is 0 Å². The van der Waals surface area contributed by atoms with Crippen LogP contribution in [-0.4, -0.2) is 47.4 Å². The van der Waals surface area contributed by atoms with Gasteiger partial charge >= 0.3 is 12.2 Å². The highest BCUT2D eigenvalue weighted by molar-refractivity contribution is 6.12. The van der Waals surface area contributed by atoms with Gasteiger partial charge in [0.05, 0.1) is 17.8 Å². The van der Waals surface area contributed by atoms with Crippen molar-refractivity contribution in [3.05, 3.63) is 59.9 Å². The predicted octanol–water partition coefficient (Wildman–Crippen LogP) is 2.90. The summed E-state index contributed by atoms with van der Waals surface area (Å²) in [5, 5.41) is 4.75.